The normalized spacial score (nSPS) is 11.3. The summed E-state index contributed by atoms with van der Waals surface area (Å²) < 4.78 is 1.42. The van der Waals surface area contributed by atoms with Gasteiger partial charge in [0.15, 0.2) is 0 Å². The van der Waals surface area contributed by atoms with Crippen LogP contribution in [-0.4, -0.2) is 30.7 Å². The predicted octanol–water partition coefficient (Wildman–Crippen LogP) is 5.00. The first-order valence-electron chi connectivity index (χ1n) is 8.09. The van der Waals surface area contributed by atoms with Crippen LogP contribution in [0.1, 0.15) is 79.1 Å². The van der Waals surface area contributed by atoms with Crippen molar-refractivity contribution < 1.29 is 25.5 Å². The van der Waals surface area contributed by atoms with Crippen LogP contribution in [0.15, 0.2) is 0 Å². The van der Waals surface area contributed by atoms with Crippen molar-refractivity contribution in [3.05, 3.63) is 0 Å². The van der Waals surface area contributed by atoms with Gasteiger partial charge in [-0.2, -0.15) is 0 Å². The molecule has 0 aromatic rings. The van der Waals surface area contributed by atoms with E-state index in [1.54, 1.807) is 0 Å². The van der Waals surface area contributed by atoms with E-state index in [-0.39, 0.29) is 21.1 Å². The topological polar surface area (TPSA) is 0 Å². The van der Waals surface area contributed by atoms with E-state index in [1.165, 1.54) is 82.0 Å². The first kappa shape index (κ1) is 21.0. The van der Waals surface area contributed by atoms with E-state index in [0.29, 0.717) is 0 Å². The third-order valence-electron chi connectivity index (χ3n) is 3.94. The molecule has 0 bridgehead atoms. The third kappa shape index (κ3) is 9.56. The fraction of sp³-hybridized carbons (Fsp3) is 1.00. The average molecular weight is 338 g/mol. The fourth-order valence-corrected chi connectivity index (χ4v) is 2.64. The van der Waals surface area contributed by atoms with Crippen molar-refractivity contribution >= 4 is 0 Å². The molecule has 0 aliphatic heterocycles. The van der Waals surface area contributed by atoms with Gasteiger partial charge in [0.25, 0.3) is 0 Å². The van der Waals surface area contributed by atoms with Crippen LogP contribution in [0.4, 0.5) is 0 Å². The molecule has 0 spiro atoms. The minimum atomic E-state index is 0. The monoisotopic (exact) mass is 340 g/mol. The standard InChI is InChI=1S/C16H36N.Mo/c1-5-9-13-17(14-10-6-2,15-11-7-3)16-12-8-4;/h5-16H2,1-4H3;/q+1;+4. The summed E-state index contributed by atoms with van der Waals surface area (Å²) in [7, 11) is 0. The van der Waals surface area contributed by atoms with E-state index in [9.17, 15) is 0 Å². The van der Waals surface area contributed by atoms with E-state index in [4.69, 9.17) is 0 Å². The molecule has 0 amide bonds. The van der Waals surface area contributed by atoms with Gasteiger partial charge in [0, 0.05) is 0 Å². The second-order valence-corrected chi connectivity index (χ2v) is 5.65. The van der Waals surface area contributed by atoms with Gasteiger partial charge >= 0.3 is 21.1 Å². The SMILES string of the molecule is CCCC[N+](CCCC)(CCCC)CCCC.[Mo+4]. The molecule has 106 valence electrons. The summed E-state index contributed by atoms with van der Waals surface area (Å²) >= 11 is 0. The molecular weight excluding hydrogens is 302 g/mol. The van der Waals surface area contributed by atoms with Gasteiger partial charge < -0.3 is 4.48 Å². The zero-order chi connectivity index (χ0) is 13.0. The molecule has 0 aliphatic carbocycles. The molecule has 0 aromatic carbocycles. The second kappa shape index (κ2) is 14.1. The molecule has 0 heterocycles. The van der Waals surface area contributed by atoms with Crippen LogP contribution >= 0.6 is 0 Å². The number of unbranched alkanes of at least 4 members (excludes halogenated alkanes) is 4. The molecule has 0 unspecified atom stereocenters. The quantitative estimate of drug-likeness (QED) is 0.347. The summed E-state index contributed by atoms with van der Waals surface area (Å²) in [5, 5.41) is 0. The van der Waals surface area contributed by atoms with Crippen molar-refractivity contribution in [2.24, 2.45) is 0 Å². The maximum Gasteiger partial charge on any atom is 4.00 e. The summed E-state index contributed by atoms with van der Waals surface area (Å²) in [6.45, 7) is 15.0. The molecule has 0 aliphatic rings. The van der Waals surface area contributed by atoms with Crippen LogP contribution in [0.2, 0.25) is 0 Å². The van der Waals surface area contributed by atoms with Gasteiger partial charge in [-0.1, -0.05) is 53.4 Å². The Labute approximate surface area is 131 Å². The Hall–Kier alpha value is 0.648. The molecule has 0 atom stereocenters. The van der Waals surface area contributed by atoms with E-state index in [0.717, 1.165) is 0 Å². The maximum atomic E-state index is 2.33. The molecule has 1 nitrogen and oxygen atoms in total. The Morgan fingerprint density at radius 2 is 0.722 bits per heavy atom. The van der Waals surface area contributed by atoms with Crippen molar-refractivity contribution in [3.63, 3.8) is 0 Å². The summed E-state index contributed by atoms with van der Waals surface area (Å²) in [5.41, 5.74) is 0. The average Bonchev–Trinajstić information content (AvgIpc) is 2.37. The molecule has 0 aromatic heterocycles. The Bertz CT molecular complexity index is 122. The predicted molar refractivity (Wildman–Crippen MR) is 79.4 cm³/mol. The Kier molecular flexibility index (Phi) is 16.4. The Balaban J connectivity index is 0. The summed E-state index contributed by atoms with van der Waals surface area (Å²) in [5.74, 6) is 0. The van der Waals surface area contributed by atoms with Gasteiger partial charge in [0.2, 0.25) is 0 Å². The van der Waals surface area contributed by atoms with Crippen molar-refractivity contribution in [2.45, 2.75) is 79.1 Å². The molecule has 0 saturated heterocycles. The summed E-state index contributed by atoms with van der Waals surface area (Å²) in [4.78, 5) is 0. The van der Waals surface area contributed by atoms with Crippen LogP contribution in [0.3, 0.4) is 0 Å². The van der Waals surface area contributed by atoms with Crippen LogP contribution < -0.4 is 0 Å². The van der Waals surface area contributed by atoms with Crippen molar-refractivity contribution in [1.29, 1.82) is 0 Å². The van der Waals surface area contributed by atoms with Gasteiger partial charge in [-0.05, 0) is 25.7 Å². The minimum Gasteiger partial charge on any atom is -0.324 e. The summed E-state index contributed by atoms with van der Waals surface area (Å²) in [6, 6.07) is 0. The zero-order valence-corrected chi connectivity index (χ0v) is 15.3. The van der Waals surface area contributed by atoms with E-state index < -0.39 is 0 Å². The van der Waals surface area contributed by atoms with Crippen LogP contribution in [0, 0.1) is 0 Å². The largest absolute Gasteiger partial charge is 4.00 e. The van der Waals surface area contributed by atoms with Gasteiger partial charge in [0.05, 0.1) is 26.2 Å². The minimum absolute atomic E-state index is 0. The zero-order valence-electron chi connectivity index (χ0n) is 13.3. The third-order valence-corrected chi connectivity index (χ3v) is 3.94. The number of nitrogens with zero attached hydrogens (tertiary/aromatic N) is 1. The van der Waals surface area contributed by atoms with Crippen molar-refractivity contribution in [3.8, 4) is 0 Å². The second-order valence-electron chi connectivity index (χ2n) is 5.65. The van der Waals surface area contributed by atoms with E-state index in [1.807, 2.05) is 0 Å². The molecule has 0 radical (unpaired) electrons. The molecule has 0 fully saturated rings. The molecular formula is C16H36MoN+5. The molecule has 0 saturated carbocycles. The van der Waals surface area contributed by atoms with Crippen LogP contribution in [-0.2, 0) is 21.1 Å². The van der Waals surface area contributed by atoms with Gasteiger partial charge in [-0.3, -0.25) is 0 Å². The number of quaternary nitrogens is 1. The van der Waals surface area contributed by atoms with Crippen LogP contribution in [0.25, 0.3) is 0 Å². The molecule has 2 heteroatoms. The smallest absolute Gasteiger partial charge is 0.324 e. The number of hydrogen-bond donors (Lipinski definition) is 0. The number of hydrogen-bond acceptors (Lipinski definition) is 0. The first-order chi connectivity index (χ1) is 8.24. The molecule has 0 N–H and O–H groups in total. The molecule has 0 rings (SSSR count). The molecule has 18 heavy (non-hydrogen) atoms. The van der Waals surface area contributed by atoms with Crippen molar-refractivity contribution in [1.82, 2.24) is 0 Å². The summed E-state index contributed by atoms with van der Waals surface area (Å²) in [6.07, 6.45) is 11.1. The van der Waals surface area contributed by atoms with Gasteiger partial charge in [-0.15, -0.1) is 0 Å². The van der Waals surface area contributed by atoms with E-state index in [2.05, 4.69) is 27.7 Å². The van der Waals surface area contributed by atoms with Crippen LogP contribution in [0.5, 0.6) is 0 Å². The Morgan fingerprint density at radius 1 is 0.500 bits per heavy atom. The van der Waals surface area contributed by atoms with Crippen molar-refractivity contribution in [2.75, 3.05) is 26.2 Å². The number of rotatable bonds is 12. The first-order valence-corrected chi connectivity index (χ1v) is 8.09. The maximum absolute atomic E-state index is 2.33. The van der Waals surface area contributed by atoms with Gasteiger partial charge in [0.1, 0.15) is 0 Å². The van der Waals surface area contributed by atoms with E-state index >= 15 is 0 Å². The fourth-order valence-electron chi connectivity index (χ4n) is 2.64. The Morgan fingerprint density at radius 3 is 0.889 bits per heavy atom. The van der Waals surface area contributed by atoms with Gasteiger partial charge in [-0.25, -0.2) is 0 Å².